The topological polar surface area (TPSA) is 59.6 Å². The number of methoxy groups -OCH3 is 2. The van der Waals surface area contributed by atoms with E-state index in [0.717, 1.165) is 16.9 Å². The number of benzene rings is 2. The normalized spacial score (nSPS) is 13.2. The van der Waals surface area contributed by atoms with E-state index in [4.69, 9.17) is 9.47 Å². The van der Waals surface area contributed by atoms with Crippen molar-refractivity contribution in [3.05, 3.63) is 48.0 Å². The lowest BCUT2D eigenvalue weighted by molar-refractivity contribution is -0.115. The van der Waals surface area contributed by atoms with Crippen LogP contribution in [-0.4, -0.2) is 26.2 Å². The summed E-state index contributed by atoms with van der Waals surface area (Å²) in [6.45, 7) is 0. The van der Waals surface area contributed by atoms with Gasteiger partial charge in [0.2, 0.25) is 5.91 Å². The zero-order chi connectivity index (χ0) is 16.9. The predicted octanol–water partition coefficient (Wildman–Crippen LogP) is 3.46. The van der Waals surface area contributed by atoms with Crippen molar-refractivity contribution in [1.29, 1.82) is 0 Å². The van der Waals surface area contributed by atoms with Crippen LogP contribution in [0.2, 0.25) is 0 Å². The number of nitrogens with one attached hydrogen (secondary N) is 2. The Kier molecular flexibility index (Phi) is 4.89. The molecule has 0 spiro atoms. The quantitative estimate of drug-likeness (QED) is 0.818. The summed E-state index contributed by atoms with van der Waals surface area (Å²) >= 11 is 0. The minimum atomic E-state index is -0.0647. The second-order valence-electron chi connectivity index (χ2n) is 5.91. The molecular weight excluding hydrogens is 304 g/mol. The van der Waals surface area contributed by atoms with Crippen molar-refractivity contribution in [1.82, 2.24) is 0 Å². The zero-order valence-corrected chi connectivity index (χ0v) is 14.0. The Bertz CT molecular complexity index is 709. The molecule has 2 N–H and O–H groups in total. The lowest BCUT2D eigenvalue weighted by Gasteiger charge is -2.10. The highest BCUT2D eigenvalue weighted by Gasteiger charge is 2.20. The molecule has 0 bridgehead atoms. The van der Waals surface area contributed by atoms with Crippen LogP contribution in [0.1, 0.15) is 18.4 Å². The molecule has 0 radical (unpaired) electrons. The Morgan fingerprint density at radius 2 is 1.67 bits per heavy atom. The number of carbonyl (C=O) groups excluding carboxylic acids is 1. The average Bonchev–Trinajstić information content (AvgIpc) is 3.40. The third kappa shape index (κ3) is 4.19. The van der Waals surface area contributed by atoms with Crippen molar-refractivity contribution in [2.24, 2.45) is 0 Å². The maximum absolute atomic E-state index is 12.2. The van der Waals surface area contributed by atoms with Gasteiger partial charge < -0.3 is 20.1 Å². The Labute approximate surface area is 142 Å². The van der Waals surface area contributed by atoms with E-state index in [9.17, 15) is 4.79 Å². The van der Waals surface area contributed by atoms with Crippen molar-refractivity contribution in [2.45, 2.75) is 25.3 Å². The number of carbonyl (C=O) groups is 1. The molecule has 1 fully saturated rings. The fraction of sp³-hybridized carbons (Fsp3) is 0.316. The molecule has 0 aliphatic heterocycles. The zero-order valence-electron chi connectivity index (χ0n) is 14.0. The molecular formula is C19H22N2O3. The molecule has 0 saturated heterocycles. The molecule has 5 nitrogen and oxygen atoms in total. The largest absolute Gasteiger partial charge is 0.493 e. The van der Waals surface area contributed by atoms with Crippen LogP contribution in [-0.2, 0) is 11.2 Å². The van der Waals surface area contributed by atoms with Crippen molar-refractivity contribution in [3.63, 3.8) is 0 Å². The van der Waals surface area contributed by atoms with Crippen molar-refractivity contribution in [2.75, 3.05) is 24.9 Å². The monoisotopic (exact) mass is 326 g/mol. The summed E-state index contributed by atoms with van der Waals surface area (Å²) in [5, 5.41) is 6.34. The second kappa shape index (κ2) is 7.25. The SMILES string of the molecule is COc1ccc(CC(=O)Nc2ccc(NC3CC3)cc2)cc1OC. The maximum Gasteiger partial charge on any atom is 0.228 e. The number of hydrogen-bond acceptors (Lipinski definition) is 4. The molecule has 3 rings (SSSR count). The van der Waals surface area contributed by atoms with Gasteiger partial charge in [-0.25, -0.2) is 0 Å². The number of hydrogen-bond donors (Lipinski definition) is 2. The van der Waals surface area contributed by atoms with Gasteiger partial charge in [0.25, 0.3) is 0 Å². The first kappa shape index (κ1) is 16.2. The minimum Gasteiger partial charge on any atom is -0.493 e. The fourth-order valence-electron chi connectivity index (χ4n) is 2.49. The Morgan fingerprint density at radius 3 is 2.29 bits per heavy atom. The molecule has 1 saturated carbocycles. The minimum absolute atomic E-state index is 0.0647. The van der Waals surface area contributed by atoms with Crippen molar-refractivity contribution < 1.29 is 14.3 Å². The summed E-state index contributed by atoms with van der Waals surface area (Å²) < 4.78 is 10.5. The van der Waals surface area contributed by atoms with Crippen LogP contribution in [0.4, 0.5) is 11.4 Å². The highest BCUT2D eigenvalue weighted by molar-refractivity contribution is 5.92. The third-order valence-corrected chi connectivity index (χ3v) is 3.93. The first-order valence-corrected chi connectivity index (χ1v) is 8.05. The molecule has 0 unspecified atom stereocenters. The van der Waals surface area contributed by atoms with Gasteiger partial charge in [0.05, 0.1) is 20.6 Å². The van der Waals surface area contributed by atoms with E-state index in [-0.39, 0.29) is 12.3 Å². The molecule has 1 amide bonds. The van der Waals surface area contributed by atoms with E-state index in [0.29, 0.717) is 17.5 Å². The van der Waals surface area contributed by atoms with Crippen LogP contribution in [0.3, 0.4) is 0 Å². The summed E-state index contributed by atoms with van der Waals surface area (Å²) in [6.07, 6.45) is 2.76. The van der Waals surface area contributed by atoms with Crippen LogP contribution in [0.15, 0.2) is 42.5 Å². The second-order valence-corrected chi connectivity index (χ2v) is 5.91. The van der Waals surface area contributed by atoms with Crippen LogP contribution >= 0.6 is 0 Å². The van der Waals surface area contributed by atoms with Crippen LogP contribution in [0.5, 0.6) is 11.5 Å². The van der Waals surface area contributed by atoms with Crippen molar-refractivity contribution >= 4 is 17.3 Å². The summed E-state index contributed by atoms with van der Waals surface area (Å²) in [6, 6.07) is 13.9. The first-order chi connectivity index (χ1) is 11.7. The average molecular weight is 326 g/mol. The molecule has 0 heterocycles. The Balaban J connectivity index is 1.58. The fourth-order valence-corrected chi connectivity index (χ4v) is 2.49. The molecule has 126 valence electrons. The number of anilines is 2. The summed E-state index contributed by atoms with van der Waals surface area (Å²) in [5.41, 5.74) is 2.76. The number of rotatable bonds is 7. The highest BCUT2D eigenvalue weighted by atomic mass is 16.5. The van der Waals surface area contributed by atoms with E-state index in [1.54, 1.807) is 20.3 Å². The van der Waals surface area contributed by atoms with Crippen molar-refractivity contribution in [3.8, 4) is 11.5 Å². The van der Waals surface area contributed by atoms with Gasteiger partial charge >= 0.3 is 0 Å². The summed E-state index contributed by atoms with van der Waals surface area (Å²) in [5.74, 6) is 1.21. The number of ether oxygens (including phenoxy) is 2. The van der Waals surface area contributed by atoms with Gasteiger partial charge in [-0.1, -0.05) is 6.07 Å². The first-order valence-electron chi connectivity index (χ1n) is 8.05. The van der Waals surface area contributed by atoms with E-state index >= 15 is 0 Å². The molecule has 5 heteroatoms. The molecule has 1 aliphatic rings. The highest BCUT2D eigenvalue weighted by Crippen LogP contribution is 2.28. The third-order valence-electron chi connectivity index (χ3n) is 3.93. The van der Waals surface area contributed by atoms with Crippen LogP contribution < -0.4 is 20.1 Å². The van der Waals surface area contributed by atoms with Crippen LogP contribution in [0.25, 0.3) is 0 Å². The van der Waals surface area contributed by atoms with E-state index in [1.165, 1.54) is 12.8 Å². The molecule has 24 heavy (non-hydrogen) atoms. The lowest BCUT2D eigenvalue weighted by Crippen LogP contribution is -2.14. The van der Waals surface area contributed by atoms with Crippen LogP contribution in [0, 0.1) is 0 Å². The summed E-state index contributed by atoms with van der Waals surface area (Å²) in [4.78, 5) is 12.2. The number of amides is 1. The maximum atomic E-state index is 12.2. The van der Waals surface area contributed by atoms with E-state index < -0.39 is 0 Å². The molecule has 2 aromatic rings. The Morgan fingerprint density at radius 1 is 1.00 bits per heavy atom. The molecule has 2 aromatic carbocycles. The predicted molar refractivity (Wildman–Crippen MR) is 95.0 cm³/mol. The lowest BCUT2D eigenvalue weighted by atomic mass is 10.1. The van der Waals surface area contributed by atoms with Gasteiger partial charge in [-0.05, 0) is 54.8 Å². The van der Waals surface area contributed by atoms with E-state index in [2.05, 4.69) is 10.6 Å². The van der Waals surface area contributed by atoms with Gasteiger partial charge in [0.15, 0.2) is 11.5 Å². The van der Waals surface area contributed by atoms with Gasteiger partial charge in [-0.15, -0.1) is 0 Å². The molecule has 0 aromatic heterocycles. The summed E-state index contributed by atoms with van der Waals surface area (Å²) in [7, 11) is 3.17. The van der Waals surface area contributed by atoms with Gasteiger partial charge in [-0.2, -0.15) is 0 Å². The smallest absolute Gasteiger partial charge is 0.228 e. The Hall–Kier alpha value is -2.69. The van der Waals surface area contributed by atoms with Gasteiger partial charge in [-0.3, -0.25) is 4.79 Å². The standard InChI is InChI=1S/C19H22N2O3/c1-23-17-10-3-13(11-18(17)24-2)12-19(22)21-16-8-6-15(7-9-16)20-14-4-5-14/h3,6-11,14,20H,4-5,12H2,1-2H3,(H,21,22). The van der Waals surface area contributed by atoms with E-state index in [1.807, 2.05) is 36.4 Å². The van der Waals surface area contributed by atoms with Gasteiger partial charge in [0, 0.05) is 17.4 Å². The van der Waals surface area contributed by atoms with Gasteiger partial charge in [0.1, 0.15) is 0 Å². The molecule has 0 atom stereocenters. The molecule has 1 aliphatic carbocycles.